The first-order chi connectivity index (χ1) is 15.5. The fourth-order valence-electron chi connectivity index (χ4n) is 3.66. The van der Waals surface area contributed by atoms with Gasteiger partial charge in [-0.1, -0.05) is 60.7 Å². The highest BCUT2D eigenvalue weighted by atomic mass is 16.4. The maximum absolute atomic E-state index is 13.3. The Labute approximate surface area is 186 Å². The molecule has 3 aromatic rings. The van der Waals surface area contributed by atoms with Gasteiger partial charge in [-0.25, -0.2) is 4.79 Å². The molecule has 1 amide bonds. The number of pyridine rings is 1. The predicted molar refractivity (Wildman–Crippen MR) is 123 cm³/mol. The molecule has 1 heterocycles. The Morgan fingerprint density at radius 1 is 0.906 bits per heavy atom. The number of hydrogen-bond donors (Lipinski definition) is 3. The number of aromatic nitrogens is 1. The van der Waals surface area contributed by atoms with Crippen molar-refractivity contribution in [1.82, 2.24) is 9.88 Å². The van der Waals surface area contributed by atoms with Gasteiger partial charge in [0.25, 0.3) is 11.5 Å². The number of nitrogens with one attached hydrogen (secondary N) is 1. The summed E-state index contributed by atoms with van der Waals surface area (Å²) in [5, 5.41) is 11.9. The summed E-state index contributed by atoms with van der Waals surface area (Å²) in [6.45, 7) is 0.448. The van der Waals surface area contributed by atoms with E-state index in [4.69, 9.17) is 5.73 Å². The molecular weight excluding hydrogens is 406 g/mol. The second kappa shape index (κ2) is 11.1. The van der Waals surface area contributed by atoms with Crippen molar-refractivity contribution in [3.05, 3.63) is 106 Å². The van der Waals surface area contributed by atoms with Crippen LogP contribution in [0.5, 0.6) is 0 Å². The summed E-state index contributed by atoms with van der Waals surface area (Å²) < 4.78 is 1.50. The standard InChI is InChI=1S/C25H27N3O4/c26-16-8-7-15-21(25(31)32)27-23(29)20-14-9-17-28(24(20)30)22(18-10-3-1-4-11-18)19-12-5-2-6-13-19/h1-6,9-14,17,21-22H,7-8,15-16,26H2,(H,27,29)(H,31,32)/t21-/m0/s1. The SMILES string of the molecule is NCCCC[C@H](NC(=O)c1cccn(C(c2ccccc2)c2ccccc2)c1=O)C(=O)O. The van der Waals surface area contributed by atoms with E-state index in [9.17, 15) is 19.5 Å². The molecule has 7 heteroatoms. The van der Waals surface area contributed by atoms with Gasteiger partial charge in [-0.05, 0) is 49.1 Å². The zero-order valence-electron chi connectivity index (χ0n) is 17.7. The van der Waals surface area contributed by atoms with E-state index in [1.807, 2.05) is 60.7 Å². The average Bonchev–Trinajstić information content (AvgIpc) is 2.81. The first kappa shape index (κ1) is 23.0. The van der Waals surface area contributed by atoms with E-state index in [-0.39, 0.29) is 12.0 Å². The molecule has 0 spiro atoms. The van der Waals surface area contributed by atoms with E-state index in [1.54, 1.807) is 12.3 Å². The predicted octanol–water partition coefficient (Wildman–Crippen LogP) is 2.80. The lowest BCUT2D eigenvalue weighted by Gasteiger charge is -2.22. The van der Waals surface area contributed by atoms with E-state index in [0.717, 1.165) is 11.1 Å². The average molecular weight is 434 g/mol. The van der Waals surface area contributed by atoms with Gasteiger partial charge in [-0.2, -0.15) is 0 Å². The summed E-state index contributed by atoms with van der Waals surface area (Å²) >= 11 is 0. The van der Waals surface area contributed by atoms with Crippen molar-refractivity contribution in [1.29, 1.82) is 0 Å². The number of carboxylic acid groups (broad SMARTS) is 1. The van der Waals surface area contributed by atoms with Crippen LogP contribution in [0.3, 0.4) is 0 Å². The fourth-order valence-corrected chi connectivity index (χ4v) is 3.66. The van der Waals surface area contributed by atoms with Crippen molar-refractivity contribution in [2.24, 2.45) is 5.73 Å². The Balaban J connectivity index is 1.96. The highest BCUT2D eigenvalue weighted by Gasteiger charge is 2.24. The third-order valence-electron chi connectivity index (χ3n) is 5.28. The molecule has 0 bridgehead atoms. The molecule has 166 valence electrons. The van der Waals surface area contributed by atoms with Gasteiger partial charge < -0.3 is 20.7 Å². The van der Waals surface area contributed by atoms with E-state index in [0.29, 0.717) is 19.4 Å². The van der Waals surface area contributed by atoms with E-state index < -0.39 is 29.5 Å². The topological polar surface area (TPSA) is 114 Å². The molecule has 1 aromatic heterocycles. The summed E-state index contributed by atoms with van der Waals surface area (Å²) in [4.78, 5) is 37.8. The molecule has 4 N–H and O–H groups in total. The van der Waals surface area contributed by atoms with Crippen molar-refractivity contribution in [3.8, 4) is 0 Å². The smallest absolute Gasteiger partial charge is 0.326 e. The molecule has 1 atom stereocenters. The van der Waals surface area contributed by atoms with Crippen LogP contribution in [0.2, 0.25) is 0 Å². The molecule has 3 rings (SSSR count). The second-order valence-electron chi connectivity index (χ2n) is 7.51. The van der Waals surface area contributed by atoms with Crippen LogP contribution in [-0.2, 0) is 4.79 Å². The molecule has 0 unspecified atom stereocenters. The molecular formula is C25H27N3O4. The number of carboxylic acids is 1. The lowest BCUT2D eigenvalue weighted by Crippen LogP contribution is -2.43. The van der Waals surface area contributed by atoms with Crippen LogP contribution in [-0.4, -0.2) is 34.1 Å². The molecule has 0 aliphatic carbocycles. The molecule has 0 radical (unpaired) electrons. The normalized spacial score (nSPS) is 11.8. The Kier molecular flexibility index (Phi) is 7.94. The van der Waals surface area contributed by atoms with Crippen molar-refractivity contribution in [3.63, 3.8) is 0 Å². The lowest BCUT2D eigenvalue weighted by atomic mass is 9.98. The number of aliphatic carboxylic acids is 1. The molecule has 0 aliphatic rings. The minimum atomic E-state index is -1.14. The van der Waals surface area contributed by atoms with Gasteiger partial charge in [0.15, 0.2) is 0 Å². The van der Waals surface area contributed by atoms with Gasteiger partial charge >= 0.3 is 5.97 Å². The van der Waals surface area contributed by atoms with Crippen molar-refractivity contribution in [2.75, 3.05) is 6.54 Å². The largest absolute Gasteiger partial charge is 0.480 e. The van der Waals surface area contributed by atoms with E-state index >= 15 is 0 Å². The third-order valence-corrected chi connectivity index (χ3v) is 5.28. The summed E-state index contributed by atoms with van der Waals surface area (Å²) in [6, 6.07) is 20.6. The molecule has 0 aliphatic heterocycles. The molecule has 32 heavy (non-hydrogen) atoms. The number of nitrogens with zero attached hydrogens (tertiary/aromatic N) is 1. The highest BCUT2D eigenvalue weighted by molar-refractivity contribution is 5.96. The van der Waals surface area contributed by atoms with Crippen LogP contribution >= 0.6 is 0 Å². The lowest BCUT2D eigenvalue weighted by molar-refractivity contribution is -0.139. The maximum atomic E-state index is 13.3. The number of amides is 1. The number of benzene rings is 2. The van der Waals surface area contributed by atoms with Crippen LogP contribution in [0, 0.1) is 0 Å². The molecule has 0 fully saturated rings. The Morgan fingerprint density at radius 2 is 1.50 bits per heavy atom. The van der Waals surface area contributed by atoms with Gasteiger partial charge in [0, 0.05) is 6.20 Å². The molecule has 0 saturated carbocycles. The Hall–Kier alpha value is -3.71. The van der Waals surface area contributed by atoms with Crippen molar-refractivity contribution < 1.29 is 14.7 Å². The number of rotatable bonds is 10. The monoisotopic (exact) mass is 433 g/mol. The van der Waals surface area contributed by atoms with Crippen LogP contribution in [0.15, 0.2) is 83.8 Å². The Bertz CT molecular complexity index is 1060. The van der Waals surface area contributed by atoms with Crippen LogP contribution in [0.1, 0.15) is 46.8 Å². The minimum Gasteiger partial charge on any atom is -0.480 e. The zero-order valence-corrected chi connectivity index (χ0v) is 17.7. The number of nitrogens with two attached hydrogens (primary N) is 1. The van der Waals surface area contributed by atoms with Gasteiger partial charge in [-0.3, -0.25) is 9.59 Å². The summed E-state index contributed by atoms with van der Waals surface area (Å²) in [7, 11) is 0. The van der Waals surface area contributed by atoms with Crippen molar-refractivity contribution in [2.45, 2.75) is 31.3 Å². The fraction of sp³-hybridized carbons (Fsp3) is 0.240. The number of hydrogen-bond acceptors (Lipinski definition) is 4. The first-order valence-electron chi connectivity index (χ1n) is 10.6. The quantitative estimate of drug-likeness (QED) is 0.426. The van der Waals surface area contributed by atoms with Crippen LogP contribution in [0.25, 0.3) is 0 Å². The van der Waals surface area contributed by atoms with Crippen LogP contribution in [0.4, 0.5) is 0 Å². The molecule has 7 nitrogen and oxygen atoms in total. The highest BCUT2D eigenvalue weighted by Crippen LogP contribution is 2.25. The van der Waals surface area contributed by atoms with E-state index in [2.05, 4.69) is 5.32 Å². The van der Waals surface area contributed by atoms with E-state index in [1.165, 1.54) is 10.6 Å². The molecule has 2 aromatic carbocycles. The summed E-state index contributed by atoms with van der Waals surface area (Å²) in [5.41, 5.74) is 6.66. The van der Waals surface area contributed by atoms with Gasteiger partial charge in [0.05, 0.1) is 6.04 Å². The van der Waals surface area contributed by atoms with Crippen molar-refractivity contribution >= 4 is 11.9 Å². The maximum Gasteiger partial charge on any atom is 0.326 e. The zero-order chi connectivity index (χ0) is 22.9. The van der Waals surface area contributed by atoms with Gasteiger partial charge in [0.1, 0.15) is 11.6 Å². The molecule has 0 saturated heterocycles. The third kappa shape index (κ3) is 5.50. The van der Waals surface area contributed by atoms with Gasteiger partial charge in [0.2, 0.25) is 0 Å². The second-order valence-corrected chi connectivity index (χ2v) is 7.51. The number of carbonyl (C=O) groups is 2. The first-order valence-corrected chi connectivity index (χ1v) is 10.6. The van der Waals surface area contributed by atoms with Gasteiger partial charge in [-0.15, -0.1) is 0 Å². The summed E-state index contributed by atoms with van der Waals surface area (Å²) in [6.07, 6.45) is 3.11. The minimum absolute atomic E-state index is 0.102. The summed E-state index contributed by atoms with van der Waals surface area (Å²) in [5.74, 6) is -1.84. The van der Waals surface area contributed by atoms with Crippen LogP contribution < -0.4 is 16.6 Å². The Morgan fingerprint density at radius 3 is 2.03 bits per heavy atom. The number of carbonyl (C=O) groups excluding carboxylic acids is 1. The number of unbranched alkanes of at least 4 members (excludes halogenated alkanes) is 1.